The number of cyclic esters (lactones) is 1. The Labute approximate surface area is 159 Å². The summed E-state index contributed by atoms with van der Waals surface area (Å²) < 4.78 is 22.2. The van der Waals surface area contributed by atoms with E-state index in [1.807, 2.05) is 42.5 Å². The smallest absolute Gasteiger partial charge is 0.334 e. The second-order valence-electron chi connectivity index (χ2n) is 6.33. The molecule has 0 amide bonds. The Bertz CT molecular complexity index is 767. The van der Waals surface area contributed by atoms with Crippen LogP contribution in [-0.2, 0) is 32.0 Å². The van der Waals surface area contributed by atoms with Crippen LogP contribution in [0.1, 0.15) is 17.5 Å². The Morgan fingerprint density at radius 1 is 0.926 bits per heavy atom. The lowest BCUT2D eigenvalue weighted by molar-refractivity contribution is -0.157. The maximum Gasteiger partial charge on any atom is 0.334 e. The molecule has 27 heavy (non-hydrogen) atoms. The van der Waals surface area contributed by atoms with Crippen molar-refractivity contribution in [3.05, 3.63) is 77.6 Å². The van der Waals surface area contributed by atoms with Gasteiger partial charge in [-0.2, -0.15) is 0 Å². The first-order chi connectivity index (χ1) is 13.2. The Hall–Kier alpha value is -2.79. The number of hydrogen-bond donors (Lipinski definition) is 0. The van der Waals surface area contributed by atoms with Crippen molar-refractivity contribution >= 4 is 5.97 Å². The molecule has 0 spiro atoms. The fraction of sp³-hybridized carbons (Fsp3) is 0.318. The molecule has 1 aliphatic rings. The Morgan fingerprint density at radius 2 is 1.67 bits per heavy atom. The Balaban J connectivity index is 1.68. The predicted octanol–water partition coefficient (Wildman–Crippen LogP) is 3.67. The number of methoxy groups -OCH3 is 2. The highest BCUT2D eigenvalue weighted by atomic mass is 16.6. The van der Waals surface area contributed by atoms with E-state index in [1.54, 1.807) is 14.2 Å². The minimum Gasteiger partial charge on any atom is -0.498 e. The molecule has 0 saturated carbocycles. The van der Waals surface area contributed by atoms with E-state index in [0.29, 0.717) is 18.8 Å². The largest absolute Gasteiger partial charge is 0.498 e. The van der Waals surface area contributed by atoms with E-state index in [-0.39, 0.29) is 0 Å². The summed E-state index contributed by atoms with van der Waals surface area (Å²) in [4.78, 5) is 11.9. The summed E-state index contributed by atoms with van der Waals surface area (Å²) in [6.07, 6.45) is 1.98. The SMILES string of the molecule is COC1=CC(=O)O[C@@H](CCc2ccccc2)[C@@H]1OCc1ccc(OC)cc1. The number of esters is 1. The van der Waals surface area contributed by atoms with Crippen molar-refractivity contribution in [3.8, 4) is 5.75 Å². The van der Waals surface area contributed by atoms with Crippen molar-refractivity contribution in [1.82, 2.24) is 0 Å². The highest BCUT2D eigenvalue weighted by Crippen LogP contribution is 2.25. The number of hydrogen-bond acceptors (Lipinski definition) is 5. The van der Waals surface area contributed by atoms with Gasteiger partial charge in [-0.05, 0) is 36.1 Å². The van der Waals surface area contributed by atoms with Crippen molar-refractivity contribution in [2.24, 2.45) is 0 Å². The molecule has 1 aliphatic heterocycles. The molecule has 5 nitrogen and oxygen atoms in total. The van der Waals surface area contributed by atoms with Gasteiger partial charge in [0.05, 0.1) is 26.9 Å². The van der Waals surface area contributed by atoms with Gasteiger partial charge in [0.2, 0.25) is 0 Å². The molecule has 0 saturated heterocycles. The molecule has 2 aromatic carbocycles. The molecule has 2 atom stereocenters. The standard InChI is InChI=1S/C22H24O5/c1-24-18-11-8-17(9-12-18)15-26-22-19(27-21(23)14-20(22)25-2)13-10-16-6-4-3-5-7-16/h3-9,11-12,14,19,22H,10,13,15H2,1-2H3/t19-,22-/m0/s1. The lowest BCUT2D eigenvalue weighted by Gasteiger charge is -2.31. The molecule has 2 aromatic rings. The van der Waals surface area contributed by atoms with Gasteiger partial charge >= 0.3 is 5.97 Å². The van der Waals surface area contributed by atoms with E-state index in [0.717, 1.165) is 17.7 Å². The van der Waals surface area contributed by atoms with E-state index in [1.165, 1.54) is 11.6 Å². The average molecular weight is 368 g/mol. The summed E-state index contributed by atoms with van der Waals surface area (Å²) in [5, 5.41) is 0. The summed E-state index contributed by atoms with van der Waals surface area (Å²) in [5.74, 6) is 0.899. The van der Waals surface area contributed by atoms with E-state index in [9.17, 15) is 4.79 Å². The van der Waals surface area contributed by atoms with Gasteiger partial charge < -0.3 is 18.9 Å². The van der Waals surface area contributed by atoms with Gasteiger partial charge in [0, 0.05) is 0 Å². The Kier molecular flexibility index (Phi) is 6.49. The van der Waals surface area contributed by atoms with Crippen LogP contribution in [0.2, 0.25) is 0 Å². The zero-order chi connectivity index (χ0) is 19.1. The maximum absolute atomic E-state index is 11.9. The summed E-state index contributed by atoms with van der Waals surface area (Å²) in [6, 6.07) is 17.8. The minimum atomic E-state index is -0.432. The monoisotopic (exact) mass is 368 g/mol. The molecule has 0 N–H and O–H groups in total. The van der Waals surface area contributed by atoms with Crippen LogP contribution in [0.15, 0.2) is 66.4 Å². The molecule has 1 heterocycles. The zero-order valence-corrected chi connectivity index (χ0v) is 15.6. The Morgan fingerprint density at radius 3 is 2.33 bits per heavy atom. The third-order valence-electron chi connectivity index (χ3n) is 4.53. The van der Waals surface area contributed by atoms with Crippen molar-refractivity contribution in [2.45, 2.75) is 31.7 Å². The molecule has 3 rings (SSSR count). The van der Waals surface area contributed by atoms with Gasteiger partial charge in [-0.1, -0.05) is 42.5 Å². The van der Waals surface area contributed by atoms with Crippen LogP contribution in [0.4, 0.5) is 0 Å². The highest BCUT2D eigenvalue weighted by molar-refractivity contribution is 5.83. The van der Waals surface area contributed by atoms with Gasteiger partial charge in [0.25, 0.3) is 0 Å². The number of rotatable bonds is 8. The lowest BCUT2D eigenvalue weighted by Crippen LogP contribution is -2.39. The summed E-state index contributed by atoms with van der Waals surface area (Å²) in [6.45, 7) is 0.384. The number of carbonyl (C=O) groups is 1. The van der Waals surface area contributed by atoms with Crippen LogP contribution in [0.5, 0.6) is 5.75 Å². The van der Waals surface area contributed by atoms with E-state index in [4.69, 9.17) is 18.9 Å². The fourth-order valence-corrected chi connectivity index (χ4v) is 3.06. The van der Waals surface area contributed by atoms with Crippen LogP contribution < -0.4 is 4.74 Å². The summed E-state index contributed by atoms with van der Waals surface area (Å²) in [7, 11) is 3.18. The van der Waals surface area contributed by atoms with Crippen molar-refractivity contribution in [2.75, 3.05) is 14.2 Å². The van der Waals surface area contributed by atoms with E-state index in [2.05, 4.69) is 12.1 Å². The molecular formula is C22H24O5. The number of benzene rings is 2. The molecule has 0 unspecified atom stereocenters. The first kappa shape index (κ1) is 19.0. The molecule has 0 aliphatic carbocycles. The molecule has 0 fully saturated rings. The molecule has 142 valence electrons. The first-order valence-electron chi connectivity index (χ1n) is 8.94. The van der Waals surface area contributed by atoms with Crippen molar-refractivity contribution in [1.29, 1.82) is 0 Å². The van der Waals surface area contributed by atoms with Gasteiger partial charge in [0.1, 0.15) is 17.6 Å². The second kappa shape index (κ2) is 9.24. The van der Waals surface area contributed by atoms with Crippen LogP contribution >= 0.6 is 0 Å². The topological polar surface area (TPSA) is 54.0 Å². The third-order valence-corrected chi connectivity index (χ3v) is 4.53. The van der Waals surface area contributed by atoms with Crippen LogP contribution in [-0.4, -0.2) is 32.4 Å². The molecule has 5 heteroatoms. The van der Waals surface area contributed by atoms with E-state index < -0.39 is 18.2 Å². The molecule has 0 bridgehead atoms. The summed E-state index contributed by atoms with van der Waals surface area (Å²) >= 11 is 0. The minimum absolute atomic E-state index is 0.384. The lowest BCUT2D eigenvalue weighted by atomic mass is 10.0. The quantitative estimate of drug-likeness (QED) is 0.666. The second-order valence-corrected chi connectivity index (χ2v) is 6.33. The number of ether oxygens (including phenoxy) is 4. The van der Waals surface area contributed by atoms with Crippen LogP contribution in [0.3, 0.4) is 0 Å². The normalized spacial score (nSPS) is 19.2. The summed E-state index contributed by atoms with van der Waals surface area (Å²) in [5.41, 5.74) is 2.20. The van der Waals surface area contributed by atoms with Crippen molar-refractivity contribution < 1.29 is 23.7 Å². The van der Waals surface area contributed by atoms with Crippen LogP contribution in [0, 0.1) is 0 Å². The first-order valence-corrected chi connectivity index (χ1v) is 8.94. The zero-order valence-electron chi connectivity index (χ0n) is 15.6. The molecule has 0 aromatic heterocycles. The maximum atomic E-state index is 11.9. The number of carbonyl (C=O) groups excluding carboxylic acids is 1. The van der Waals surface area contributed by atoms with Gasteiger partial charge in [0.15, 0.2) is 6.10 Å². The van der Waals surface area contributed by atoms with E-state index >= 15 is 0 Å². The predicted molar refractivity (Wildman–Crippen MR) is 101 cm³/mol. The molecular weight excluding hydrogens is 344 g/mol. The average Bonchev–Trinajstić information content (AvgIpc) is 2.72. The number of aryl methyl sites for hydroxylation is 1. The fourth-order valence-electron chi connectivity index (χ4n) is 3.06. The van der Waals surface area contributed by atoms with Gasteiger partial charge in [-0.3, -0.25) is 0 Å². The third kappa shape index (κ3) is 5.11. The van der Waals surface area contributed by atoms with Gasteiger partial charge in [-0.15, -0.1) is 0 Å². The highest BCUT2D eigenvalue weighted by Gasteiger charge is 2.34. The molecule has 0 radical (unpaired) electrons. The van der Waals surface area contributed by atoms with Crippen LogP contribution in [0.25, 0.3) is 0 Å². The van der Waals surface area contributed by atoms with Crippen molar-refractivity contribution in [3.63, 3.8) is 0 Å². The van der Waals surface area contributed by atoms with Gasteiger partial charge in [-0.25, -0.2) is 4.79 Å².